The van der Waals surface area contributed by atoms with Gasteiger partial charge in [0.2, 0.25) is 5.91 Å². The second-order valence-electron chi connectivity index (χ2n) is 9.49. The van der Waals surface area contributed by atoms with Gasteiger partial charge in [-0.25, -0.2) is 0 Å². The average Bonchev–Trinajstić information content (AvgIpc) is 2.81. The van der Waals surface area contributed by atoms with Crippen LogP contribution in [0.25, 0.3) is 0 Å². The van der Waals surface area contributed by atoms with Crippen molar-refractivity contribution in [2.75, 3.05) is 6.54 Å². The maximum Gasteiger partial charge on any atom is 0.224 e. The molecule has 0 aliphatic carbocycles. The molecule has 4 N–H and O–H groups in total. The minimum atomic E-state index is -0.274. The highest BCUT2D eigenvalue weighted by molar-refractivity contribution is 5.77. The van der Waals surface area contributed by atoms with Crippen LogP contribution in [0.5, 0.6) is 5.75 Å². The van der Waals surface area contributed by atoms with Gasteiger partial charge in [0, 0.05) is 38.1 Å². The number of hydrogen-bond donors (Lipinski definition) is 3. The van der Waals surface area contributed by atoms with Crippen LogP contribution in [-0.4, -0.2) is 34.5 Å². The first-order valence-electron chi connectivity index (χ1n) is 12.1. The Balaban J connectivity index is 1.43. The zero-order valence-corrected chi connectivity index (χ0v) is 20.1. The number of rotatable bonds is 8. The summed E-state index contributed by atoms with van der Waals surface area (Å²) in [6.45, 7) is 6.09. The first kappa shape index (κ1) is 24.0. The Kier molecular flexibility index (Phi) is 7.66. The highest BCUT2D eigenvalue weighted by atomic mass is 16.3. The third-order valence-corrected chi connectivity index (χ3v) is 6.81. The summed E-state index contributed by atoms with van der Waals surface area (Å²) < 4.78 is 0. The zero-order chi connectivity index (χ0) is 24.1. The molecule has 0 aromatic heterocycles. The number of carbonyl (C=O) groups is 1. The number of nitrogens with one attached hydrogen (secondary N) is 1. The van der Waals surface area contributed by atoms with Crippen molar-refractivity contribution in [3.05, 3.63) is 100 Å². The van der Waals surface area contributed by atoms with Crippen LogP contribution in [0, 0.1) is 13.8 Å². The number of benzene rings is 3. The average molecular weight is 458 g/mol. The van der Waals surface area contributed by atoms with Gasteiger partial charge in [0.05, 0.1) is 0 Å². The summed E-state index contributed by atoms with van der Waals surface area (Å²) in [6, 6.07) is 22.1. The highest BCUT2D eigenvalue weighted by Gasteiger charge is 2.30. The Hall–Kier alpha value is -3.15. The summed E-state index contributed by atoms with van der Waals surface area (Å²) in [5, 5.41) is 13.4. The lowest BCUT2D eigenvalue weighted by Gasteiger charge is -2.38. The number of aromatic hydroxyl groups is 1. The fourth-order valence-corrected chi connectivity index (χ4v) is 5.01. The van der Waals surface area contributed by atoms with Crippen LogP contribution in [0.2, 0.25) is 0 Å². The van der Waals surface area contributed by atoms with E-state index in [9.17, 15) is 9.90 Å². The number of aryl methyl sites for hydroxylation is 2. The Morgan fingerprint density at radius 3 is 2.41 bits per heavy atom. The van der Waals surface area contributed by atoms with E-state index >= 15 is 0 Å². The van der Waals surface area contributed by atoms with Gasteiger partial charge in [0.1, 0.15) is 5.75 Å². The summed E-state index contributed by atoms with van der Waals surface area (Å²) >= 11 is 0. The highest BCUT2D eigenvalue weighted by Crippen LogP contribution is 2.25. The number of nitrogens with zero attached hydrogens (tertiary/aromatic N) is 1. The van der Waals surface area contributed by atoms with Gasteiger partial charge in [0.25, 0.3) is 0 Å². The molecule has 0 spiro atoms. The van der Waals surface area contributed by atoms with Gasteiger partial charge in [-0.15, -0.1) is 0 Å². The lowest BCUT2D eigenvalue weighted by atomic mass is 9.92. The van der Waals surface area contributed by atoms with Crippen molar-refractivity contribution < 1.29 is 9.90 Å². The van der Waals surface area contributed by atoms with Gasteiger partial charge >= 0.3 is 0 Å². The summed E-state index contributed by atoms with van der Waals surface area (Å²) in [7, 11) is 0. The topological polar surface area (TPSA) is 78.6 Å². The second kappa shape index (κ2) is 10.9. The van der Waals surface area contributed by atoms with Crippen LogP contribution in [0.3, 0.4) is 0 Å². The van der Waals surface area contributed by atoms with E-state index < -0.39 is 0 Å². The fourth-order valence-electron chi connectivity index (χ4n) is 5.01. The van der Waals surface area contributed by atoms with Crippen LogP contribution in [-0.2, 0) is 30.7 Å². The molecule has 2 atom stereocenters. The van der Waals surface area contributed by atoms with Crippen LogP contribution in [0.1, 0.15) is 39.8 Å². The molecule has 0 bridgehead atoms. The first-order chi connectivity index (χ1) is 16.4. The van der Waals surface area contributed by atoms with Crippen LogP contribution in [0.4, 0.5) is 0 Å². The van der Waals surface area contributed by atoms with E-state index in [0.29, 0.717) is 19.4 Å². The van der Waals surface area contributed by atoms with Crippen molar-refractivity contribution >= 4 is 5.91 Å². The van der Waals surface area contributed by atoms with Gasteiger partial charge in [-0.2, -0.15) is 0 Å². The predicted molar refractivity (Wildman–Crippen MR) is 137 cm³/mol. The molecular weight excluding hydrogens is 422 g/mol. The summed E-state index contributed by atoms with van der Waals surface area (Å²) in [4.78, 5) is 15.5. The quantitative estimate of drug-likeness (QED) is 0.478. The molecule has 0 saturated carbocycles. The minimum Gasteiger partial charge on any atom is -0.508 e. The van der Waals surface area contributed by atoms with Crippen molar-refractivity contribution in [3.8, 4) is 5.75 Å². The summed E-state index contributed by atoms with van der Waals surface area (Å²) in [6.07, 6.45) is 1.76. The molecule has 1 aliphatic heterocycles. The SMILES string of the molecule is Cc1cc(O)cc(C)c1C[C@H](N)CC(=O)N1Cc2ccccc2C[C@H]1CNCc1ccccc1. The number of amides is 1. The maximum atomic E-state index is 13.5. The van der Waals surface area contributed by atoms with Gasteiger partial charge in [-0.05, 0) is 72.2 Å². The predicted octanol–water partition coefficient (Wildman–Crippen LogP) is 4.01. The third kappa shape index (κ3) is 5.85. The normalized spacial score (nSPS) is 16.2. The van der Waals surface area contributed by atoms with E-state index in [1.165, 1.54) is 16.7 Å². The number of phenolic OH excluding ortho intramolecular Hbond substituents is 1. The molecule has 5 nitrogen and oxygen atoms in total. The molecular formula is C29H35N3O2. The Morgan fingerprint density at radius 2 is 1.71 bits per heavy atom. The molecule has 178 valence electrons. The second-order valence-corrected chi connectivity index (χ2v) is 9.49. The smallest absolute Gasteiger partial charge is 0.224 e. The van der Waals surface area contributed by atoms with E-state index in [1.54, 1.807) is 12.1 Å². The van der Waals surface area contributed by atoms with Crippen molar-refractivity contribution in [1.29, 1.82) is 0 Å². The number of fused-ring (bicyclic) bond motifs is 1. The van der Waals surface area contributed by atoms with Gasteiger partial charge in [-0.3, -0.25) is 4.79 Å². The number of carbonyl (C=O) groups excluding carboxylic acids is 1. The van der Waals surface area contributed by atoms with Gasteiger partial charge < -0.3 is 21.1 Å². The lowest BCUT2D eigenvalue weighted by molar-refractivity contribution is -0.135. The third-order valence-electron chi connectivity index (χ3n) is 6.81. The lowest BCUT2D eigenvalue weighted by Crippen LogP contribution is -2.50. The van der Waals surface area contributed by atoms with E-state index in [2.05, 4.69) is 35.6 Å². The van der Waals surface area contributed by atoms with Crippen LogP contribution >= 0.6 is 0 Å². The van der Waals surface area contributed by atoms with Crippen molar-refractivity contribution in [2.45, 2.75) is 58.3 Å². The number of nitrogens with two attached hydrogens (primary N) is 1. The van der Waals surface area contributed by atoms with E-state index in [0.717, 1.165) is 36.2 Å². The Morgan fingerprint density at radius 1 is 1.06 bits per heavy atom. The summed E-state index contributed by atoms with van der Waals surface area (Å²) in [5.74, 6) is 0.365. The Labute approximate surface area is 202 Å². The van der Waals surface area contributed by atoms with Crippen LogP contribution in [0.15, 0.2) is 66.7 Å². The first-order valence-corrected chi connectivity index (χ1v) is 12.1. The van der Waals surface area contributed by atoms with E-state index in [1.807, 2.05) is 43.0 Å². The van der Waals surface area contributed by atoms with Crippen molar-refractivity contribution in [1.82, 2.24) is 10.2 Å². The molecule has 0 saturated heterocycles. The molecule has 0 unspecified atom stereocenters. The van der Waals surface area contributed by atoms with Crippen molar-refractivity contribution in [2.24, 2.45) is 5.73 Å². The van der Waals surface area contributed by atoms with E-state index in [-0.39, 0.29) is 23.7 Å². The Bertz CT molecular complexity index is 1110. The largest absolute Gasteiger partial charge is 0.508 e. The molecule has 0 radical (unpaired) electrons. The van der Waals surface area contributed by atoms with Gasteiger partial charge in [-0.1, -0.05) is 54.6 Å². The van der Waals surface area contributed by atoms with Gasteiger partial charge in [0.15, 0.2) is 0 Å². The molecule has 1 aliphatic rings. The molecule has 3 aromatic rings. The molecule has 5 heteroatoms. The van der Waals surface area contributed by atoms with E-state index in [4.69, 9.17) is 5.73 Å². The zero-order valence-electron chi connectivity index (χ0n) is 20.1. The minimum absolute atomic E-state index is 0.0930. The molecule has 0 fully saturated rings. The van der Waals surface area contributed by atoms with Crippen molar-refractivity contribution in [3.63, 3.8) is 0 Å². The van der Waals surface area contributed by atoms with Crippen LogP contribution < -0.4 is 11.1 Å². The standard InChI is InChI=1S/C29H35N3O2/c1-20-12-27(33)13-21(2)28(20)15-25(30)16-29(34)32-19-24-11-7-6-10-23(24)14-26(32)18-31-17-22-8-4-3-5-9-22/h3-13,25-26,31,33H,14-19,30H2,1-2H3/t25-,26-/m0/s1. The fraction of sp³-hybridized carbons (Fsp3) is 0.345. The number of hydrogen-bond acceptors (Lipinski definition) is 4. The molecule has 1 heterocycles. The number of phenols is 1. The maximum absolute atomic E-state index is 13.5. The molecule has 1 amide bonds. The monoisotopic (exact) mass is 457 g/mol. The molecule has 3 aromatic carbocycles. The molecule has 4 rings (SSSR count). The molecule has 34 heavy (non-hydrogen) atoms. The summed E-state index contributed by atoms with van der Waals surface area (Å²) in [5.41, 5.74) is 13.4.